The zero-order chi connectivity index (χ0) is 20.3. The Morgan fingerprint density at radius 2 is 1.82 bits per heavy atom. The molecule has 1 N–H and O–H groups in total. The van der Waals surface area contributed by atoms with Crippen molar-refractivity contribution >= 4 is 9.84 Å². The lowest BCUT2D eigenvalue weighted by Crippen LogP contribution is -2.00. The highest BCUT2D eigenvalue weighted by Crippen LogP contribution is 2.33. The number of hydrogen-bond donors (Lipinski definition) is 1. The van der Waals surface area contributed by atoms with E-state index in [-0.39, 0.29) is 17.3 Å². The van der Waals surface area contributed by atoms with Crippen LogP contribution in [0.2, 0.25) is 0 Å². The van der Waals surface area contributed by atoms with Gasteiger partial charge in [0.2, 0.25) is 0 Å². The fraction of sp³-hybridized carbons (Fsp3) is 0.250. The number of ether oxygens (including phenoxy) is 1. The molecule has 148 valence electrons. The SMILES string of the molecule is COc1ccc(-c2cn(CCCO)nc2-c2ccc(S(C)(=O)=O)cc2)cc1F. The molecule has 1 aromatic heterocycles. The predicted molar refractivity (Wildman–Crippen MR) is 104 cm³/mol. The van der Waals surface area contributed by atoms with Crippen molar-refractivity contribution in [3.8, 4) is 28.1 Å². The summed E-state index contributed by atoms with van der Waals surface area (Å²) in [6, 6.07) is 11.1. The molecule has 8 heteroatoms. The first-order valence-corrected chi connectivity index (χ1v) is 10.6. The van der Waals surface area contributed by atoms with Gasteiger partial charge in [0.05, 0.1) is 12.0 Å². The molecule has 0 spiro atoms. The Labute approximate surface area is 163 Å². The summed E-state index contributed by atoms with van der Waals surface area (Å²) in [5.41, 5.74) is 2.63. The normalized spacial score (nSPS) is 11.6. The van der Waals surface area contributed by atoms with Crippen LogP contribution < -0.4 is 4.74 Å². The summed E-state index contributed by atoms with van der Waals surface area (Å²) in [6.45, 7) is 0.536. The van der Waals surface area contributed by atoms with Crippen LogP contribution >= 0.6 is 0 Å². The van der Waals surface area contributed by atoms with Crippen molar-refractivity contribution < 1.29 is 22.7 Å². The average molecular weight is 404 g/mol. The molecule has 0 radical (unpaired) electrons. The minimum Gasteiger partial charge on any atom is -0.494 e. The number of rotatable bonds is 7. The number of benzene rings is 2. The largest absolute Gasteiger partial charge is 0.494 e. The summed E-state index contributed by atoms with van der Waals surface area (Å²) in [4.78, 5) is 0.216. The van der Waals surface area contributed by atoms with Gasteiger partial charge in [-0.3, -0.25) is 4.68 Å². The van der Waals surface area contributed by atoms with Crippen molar-refractivity contribution in [3.63, 3.8) is 0 Å². The Kier molecular flexibility index (Phi) is 5.81. The number of nitrogens with zero attached hydrogens (tertiary/aromatic N) is 2. The molecule has 0 bridgehead atoms. The zero-order valence-electron chi connectivity index (χ0n) is 15.6. The second kappa shape index (κ2) is 8.12. The van der Waals surface area contributed by atoms with Gasteiger partial charge in [-0.25, -0.2) is 12.8 Å². The smallest absolute Gasteiger partial charge is 0.175 e. The molecule has 2 aromatic carbocycles. The molecular weight excluding hydrogens is 383 g/mol. The maximum Gasteiger partial charge on any atom is 0.175 e. The quantitative estimate of drug-likeness (QED) is 0.654. The molecule has 1 heterocycles. The van der Waals surface area contributed by atoms with Gasteiger partial charge in [-0.1, -0.05) is 18.2 Å². The van der Waals surface area contributed by atoms with Crippen molar-refractivity contribution in [3.05, 3.63) is 54.5 Å². The topological polar surface area (TPSA) is 81.4 Å². The van der Waals surface area contributed by atoms with E-state index in [0.29, 0.717) is 35.3 Å². The standard InChI is InChI=1S/C20H21FN2O4S/c1-27-19-9-6-15(12-18(19)21)17-13-23(10-3-11-24)22-20(17)14-4-7-16(8-5-14)28(2,25)26/h4-9,12-13,24H,3,10-11H2,1-2H3. The van der Waals surface area contributed by atoms with Crippen molar-refractivity contribution in [1.82, 2.24) is 9.78 Å². The van der Waals surface area contributed by atoms with E-state index in [0.717, 1.165) is 6.26 Å². The average Bonchev–Trinajstić information content (AvgIpc) is 3.10. The molecule has 0 aliphatic rings. The van der Waals surface area contributed by atoms with E-state index in [1.54, 1.807) is 35.1 Å². The molecule has 0 aliphatic carbocycles. The van der Waals surface area contributed by atoms with Gasteiger partial charge in [0.1, 0.15) is 5.69 Å². The molecule has 3 rings (SSSR count). The van der Waals surface area contributed by atoms with E-state index in [4.69, 9.17) is 9.84 Å². The number of aromatic nitrogens is 2. The van der Waals surface area contributed by atoms with Crippen LogP contribution in [0.4, 0.5) is 4.39 Å². The van der Waals surface area contributed by atoms with Crippen LogP contribution in [0, 0.1) is 5.82 Å². The third-order valence-electron chi connectivity index (χ3n) is 4.33. The molecule has 0 saturated carbocycles. The summed E-state index contributed by atoms with van der Waals surface area (Å²) in [7, 11) is -1.90. The Hall–Kier alpha value is -2.71. The van der Waals surface area contributed by atoms with Gasteiger partial charge < -0.3 is 9.84 Å². The molecule has 0 aliphatic heterocycles. The van der Waals surface area contributed by atoms with Crippen LogP contribution in [0.5, 0.6) is 5.75 Å². The minimum atomic E-state index is -3.30. The lowest BCUT2D eigenvalue weighted by Gasteiger charge is -2.06. The van der Waals surface area contributed by atoms with Crippen LogP contribution in [-0.2, 0) is 16.4 Å². The van der Waals surface area contributed by atoms with Crippen molar-refractivity contribution in [2.24, 2.45) is 0 Å². The van der Waals surface area contributed by atoms with Gasteiger partial charge in [-0.05, 0) is 36.2 Å². The van der Waals surface area contributed by atoms with Crippen LogP contribution in [0.3, 0.4) is 0 Å². The molecular formula is C20H21FN2O4S. The molecule has 28 heavy (non-hydrogen) atoms. The van der Waals surface area contributed by atoms with Gasteiger partial charge in [0, 0.05) is 36.7 Å². The second-order valence-corrected chi connectivity index (χ2v) is 8.39. The number of sulfone groups is 1. The van der Waals surface area contributed by atoms with E-state index < -0.39 is 15.7 Å². The molecule has 0 amide bonds. The molecule has 0 atom stereocenters. The van der Waals surface area contributed by atoms with Gasteiger partial charge in [0.25, 0.3) is 0 Å². The van der Waals surface area contributed by atoms with Crippen molar-refractivity contribution in [1.29, 1.82) is 0 Å². The van der Waals surface area contributed by atoms with Crippen LogP contribution in [0.1, 0.15) is 6.42 Å². The summed E-state index contributed by atoms with van der Waals surface area (Å²) >= 11 is 0. The number of aliphatic hydroxyl groups excluding tert-OH is 1. The molecule has 6 nitrogen and oxygen atoms in total. The highest BCUT2D eigenvalue weighted by Gasteiger charge is 2.16. The molecule has 0 saturated heterocycles. The minimum absolute atomic E-state index is 0.0325. The van der Waals surface area contributed by atoms with E-state index in [2.05, 4.69) is 5.10 Å². The first-order chi connectivity index (χ1) is 13.3. The summed E-state index contributed by atoms with van der Waals surface area (Å²) < 4.78 is 44.3. The fourth-order valence-electron chi connectivity index (χ4n) is 2.89. The van der Waals surface area contributed by atoms with Crippen molar-refractivity contribution in [2.45, 2.75) is 17.9 Å². The van der Waals surface area contributed by atoms with Gasteiger partial charge >= 0.3 is 0 Å². The molecule has 3 aromatic rings. The first kappa shape index (κ1) is 20.0. The van der Waals surface area contributed by atoms with Crippen molar-refractivity contribution in [2.75, 3.05) is 20.0 Å². The van der Waals surface area contributed by atoms with Crippen LogP contribution in [0.25, 0.3) is 22.4 Å². The maximum atomic E-state index is 14.2. The second-order valence-electron chi connectivity index (χ2n) is 6.38. The molecule has 0 fully saturated rings. The van der Waals surface area contributed by atoms with Gasteiger partial charge in [-0.2, -0.15) is 5.10 Å². The number of aryl methyl sites for hydroxylation is 1. The van der Waals surface area contributed by atoms with Crippen LogP contribution in [0.15, 0.2) is 53.6 Å². The number of hydrogen-bond acceptors (Lipinski definition) is 5. The van der Waals surface area contributed by atoms with E-state index in [1.807, 2.05) is 0 Å². The summed E-state index contributed by atoms with van der Waals surface area (Å²) in [5.74, 6) is -0.336. The summed E-state index contributed by atoms with van der Waals surface area (Å²) in [6.07, 6.45) is 3.47. The van der Waals surface area contributed by atoms with Gasteiger partial charge in [-0.15, -0.1) is 0 Å². The third-order valence-corrected chi connectivity index (χ3v) is 5.45. The monoisotopic (exact) mass is 404 g/mol. The fourth-order valence-corrected chi connectivity index (χ4v) is 3.52. The summed E-state index contributed by atoms with van der Waals surface area (Å²) in [5, 5.41) is 13.6. The Morgan fingerprint density at radius 3 is 2.39 bits per heavy atom. The number of aliphatic hydroxyl groups is 1. The van der Waals surface area contributed by atoms with E-state index in [1.165, 1.54) is 25.3 Å². The molecule has 0 unspecified atom stereocenters. The Bertz CT molecular complexity index is 1080. The number of methoxy groups -OCH3 is 1. The maximum absolute atomic E-state index is 14.2. The first-order valence-electron chi connectivity index (χ1n) is 8.66. The predicted octanol–water partition coefficient (Wildman–Crippen LogP) is 3.15. The van der Waals surface area contributed by atoms with E-state index in [9.17, 15) is 12.8 Å². The lowest BCUT2D eigenvalue weighted by molar-refractivity contribution is 0.277. The zero-order valence-corrected chi connectivity index (χ0v) is 16.4. The third kappa shape index (κ3) is 4.23. The highest BCUT2D eigenvalue weighted by molar-refractivity contribution is 7.90. The van der Waals surface area contributed by atoms with Gasteiger partial charge in [0.15, 0.2) is 21.4 Å². The highest BCUT2D eigenvalue weighted by atomic mass is 32.2. The number of halogens is 1. The Balaban J connectivity index is 2.09. The van der Waals surface area contributed by atoms with Crippen LogP contribution in [-0.4, -0.2) is 43.3 Å². The van der Waals surface area contributed by atoms with E-state index >= 15 is 0 Å². The lowest BCUT2D eigenvalue weighted by atomic mass is 10.0. The Morgan fingerprint density at radius 1 is 1.14 bits per heavy atom.